The second kappa shape index (κ2) is 10.5. The van der Waals surface area contributed by atoms with E-state index < -0.39 is 17.6 Å². The third kappa shape index (κ3) is 5.62. The summed E-state index contributed by atoms with van der Waals surface area (Å²) in [7, 11) is 0. The van der Waals surface area contributed by atoms with Gasteiger partial charge in [0.25, 0.3) is 5.91 Å². The molecule has 1 aromatic heterocycles. The molecule has 2 amide bonds. The van der Waals surface area contributed by atoms with E-state index in [2.05, 4.69) is 10.9 Å². The van der Waals surface area contributed by atoms with Crippen LogP contribution in [0.2, 0.25) is 0 Å². The Kier molecular flexibility index (Phi) is 7.32. The first-order valence-corrected chi connectivity index (χ1v) is 11.7. The highest BCUT2D eigenvalue weighted by molar-refractivity contribution is 7.99. The average molecular weight is 457 g/mol. The molecule has 0 bridgehead atoms. The lowest BCUT2D eigenvalue weighted by Crippen LogP contribution is -2.44. The molecule has 0 aliphatic heterocycles. The van der Waals surface area contributed by atoms with E-state index in [0.29, 0.717) is 16.6 Å². The zero-order chi connectivity index (χ0) is 22.3. The molecule has 1 aliphatic carbocycles. The molecule has 0 spiro atoms. The van der Waals surface area contributed by atoms with Gasteiger partial charge >= 0.3 is 5.91 Å². The van der Waals surface area contributed by atoms with E-state index in [0.717, 1.165) is 10.9 Å². The number of thioether (sulfide) groups is 1. The van der Waals surface area contributed by atoms with Crippen LogP contribution in [0.5, 0.6) is 5.75 Å². The van der Waals surface area contributed by atoms with Crippen LogP contribution in [0, 0.1) is 5.82 Å². The van der Waals surface area contributed by atoms with Crippen LogP contribution in [0.25, 0.3) is 11.0 Å². The summed E-state index contributed by atoms with van der Waals surface area (Å²) in [6.45, 7) is -0.367. The quantitative estimate of drug-likeness (QED) is 0.490. The molecular formula is C24H25FN2O4S. The summed E-state index contributed by atoms with van der Waals surface area (Å²) < 4.78 is 24.3. The number of halogens is 1. The van der Waals surface area contributed by atoms with Gasteiger partial charge in [-0.15, -0.1) is 0 Å². The minimum Gasteiger partial charge on any atom is -0.484 e. The summed E-state index contributed by atoms with van der Waals surface area (Å²) in [5.41, 5.74) is 6.18. The number of amides is 2. The van der Waals surface area contributed by atoms with Crippen LogP contribution in [-0.2, 0) is 10.5 Å². The van der Waals surface area contributed by atoms with Gasteiger partial charge in [0.2, 0.25) is 0 Å². The molecule has 2 aromatic carbocycles. The van der Waals surface area contributed by atoms with Crippen molar-refractivity contribution in [1.29, 1.82) is 0 Å². The van der Waals surface area contributed by atoms with Crippen molar-refractivity contribution in [2.45, 2.75) is 43.1 Å². The highest BCUT2D eigenvalue weighted by Gasteiger charge is 2.23. The van der Waals surface area contributed by atoms with Gasteiger partial charge in [0.15, 0.2) is 12.4 Å². The number of para-hydroxylation sites is 1. The first-order valence-electron chi connectivity index (χ1n) is 10.7. The summed E-state index contributed by atoms with van der Waals surface area (Å²) >= 11 is 1.85. The van der Waals surface area contributed by atoms with Gasteiger partial charge in [-0.2, -0.15) is 11.8 Å². The lowest BCUT2D eigenvalue weighted by Gasteiger charge is -2.20. The molecule has 1 saturated carbocycles. The van der Waals surface area contributed by atoms with Gasteiger partial charge in [0.1, 0.15) is 17.1 Å². The lowest BCUT2D eigenvalue weighted by molar-refractivity contribution is -0.123. The summed E-state index contributed by atoms with van der Waals surface area (Å²) in [5, 5.41) is 1.50. The molecule has 1 heterocycles. The Bertz CT molecular complexity index is 1090. The number of carbonyl (C=O) groups is 2. The van der Waals surface area contributed by atoms with Crippen molar-refractivity contribution < 1.29 is 23.1 Å². The number of rotatable bonds is 7. The van der Waals surface area contributed by atoms with Gasteiger partial charge in [-0.1, -0.05) is 43.5 Å². The number of hydrazine groups is 1. The van der Waals surface area contributed by atoms with Gasteiger partial charge in [0, 0.05) is 28.0 Å². The normalized spacial score (nSPS) is 14.3. The molecular weight excluding hydrogens is 431 g/mol. The summed E-state index contributed by atoms with van der Waals surface area (Å²) in [5.74, 6) is -0.469. The zero-order valence-electron chi connectivity index (χ0n) is 17.6. The number of hydrogen-bond acceptors (Lipinski definition) is 5. The standard InChI is InChI=1S/C24H25FN2O4S/c25-16-7-6-8-17(13-16)30-14-22(28)26-27-24(29)23-20(15-32-18-9-2-1-3-10-18)19-11-4-5-12-21(19)31-23/h4-8,11-13,18H,1-3,9-10,14-15H2,(H,26,28)(H,27,29). The molecule has 8 heteroatoms. The minimum atomic E-state index is -0.572. The van der Waals surface area contributed by atoms with Crippen LogP contribution in [0.15, 0.2) is 52.9 Å². The SMILES string of the molecule is O=C(COc1cccc(F)c1)NNC(=O)c1oc2ccccc2c1CSC1CCCCC1. The fraction of sp³-hybridized carbons (Fsp3) is 0.333. The van der Waals surface area contributed by atoms with Crippen LogP contribution in [0.4, 0.5) is 4.39 Å². The fourth-order valence-electron chi connectivity index (χ4n) is 3.78. The van der Waals surface area contributed by atoms with Crippen LogP contribution >= 0.6 is 11.8 Å². The van der Waals surface area contributed by atoms with Crippen molar-refractivity contribution in [3.05, 3.63) is 65.7 Å². The average Bonchev–Trinajstić information content (AvgIpc) is 3.19. The molecule has 0 unspecified atom stereocenters. The fourth-order valence-corrected chi connectivity index (χ4v) is 5.14. The van der Waals surface area contributed by atoms with E-state index >= 15 is 0 Å². The van der Waals surface area contributed by atoms with E-state index in [-0.39, 0.29) is 18.1 Å². The number of benzene rings is 2. The molecule has 0 atom stereocenters. The first kappa shape index (κ1) is 22.2. The Hall–Kier alpha value is -3.00. The highest BCUT2D eigenvalue weighted by atomic mass is 32.2. The van der Waals surface area contributed by atoms with Gasteiger partial charge in [-0.3, -0.25) is 20.4 Å². The Balaban J connectivity index is 1.38. The number of fused-ring (bicyclic) bond motifs is 1. The second-order valence-corrected chi connectivity index (χ2v) is 9.01. The Labute approximate surface area is 189 Å². The molecule has 2 N–H and O–H groups in total. The first-order chi connectivity index (χ1) is 15.6. The maximum atomic E-state index is 13.2. The van der Waals surface area contributed by atoms with E-state index in [1.807, 2.05) is 36.0 Å². The summed E-state index contributed by atoms with van der Waals surface area (Å²) in [6.07, 6.45) is 6.19. The Morgan fingerprint density at radius 3 is 2.69 bits per heavy atom. The zero-order valence-corrected chi connectivity index (χ0v) is 18.4. The van der Waals surface area contributed by atoms with Crippen molar-refractivity contribution in [1.82, 2.24) is 10.9 Å². The van der Waals surface area contributed by atoms with Gasteiger partial charge in [0.05, 0.1) is 0 Å². The number of carbonyl (C=O) groups excluding carboxylic acids is 2. The van der Waals surface area contributed by atoms with Crippen LogP contribution in [0.1, 0.15) is 48.2 Å². The largest absolute Gasteiger partial charge is 0.484 e. The van der Waals surface area contributed by atoms with Gasteiger partial charge < -0.3 is 9.15 Å². The second-order valence-electron chi connectivity index (χ2n) is 7.73. The van der Waals surface area contributed by atoms with Crippen LogP contribution in [-0.4, -0.2) is 23.7 Å². The maximum absolute atomic E-state index is 13.2. The molecule has 0 radical (unpaired) electrons. The molecule has 6 nitrogen and oxygen atoms in total. The minimum absolute atomic E-state index is 0.195. The van der Waals surface area contributed by atoms with E-state index in [9.17, 15) is 14.0 Å². The van der Waals surface area contributed by atoms with E-state index in [1.165, 1.54) is 50.3 Å². The number of hydrogen-bond donors (Lipinski definition) is 2. The molecule has 168 valence electrons. The predicted octanol–water partition coefficient (Wildman–Crippen LogP) is 4.98. The smallest absolute Gasteiger partial charge is 0.305 e. The number of nitrogens with one attached hydrogen (secondary N) is 2. The lowest BCUT2D eigenvalue weighted by atomic mass is 10.0. The van der Waals surface area contributed by atoms with Crippen molar-refractivity contribution in [2.75, 3.05) is 6.61 Å². The van der Waals surface area contributed by atoms with Crippen LogP contribution < -0.4 is 15.6 Å². The van der Waals surface area contributed by atoms with Crippen molar-refractivity contribution >= 4 is 34.5 Å². The number of furan rings is 1. The van der Waals surface area contributed by atoms with E-state index in [4.69, 9.17) is 9.15 Å². The highest BCUT2D eigenvalue weighted by Crippen LogP contribution is 2.34. The van der Waals surface area contributed by atoms with Crippen LogP contribution in [0.3, 0.4) is 0 Å². The number of ether oxygens (including phenoxy) is 1. The molecule has 3 aromatic rings. The Morgan fingerprint density at radius 1 is 1.06 bits per heavy atom. The summed E-state index contributed by atoms with van der Waals surface area (Å²) in [4.78, 5) is 24.8. The topological polar surface area (TPSA) is 80.6 Å². The maximum Gasteiger partial charge on any atom is 0.305 e. The van der Waals surface area contributed by atoms with Gasteiger partial charge in [-0.25, -0.2) is 4.39 Å². The van der Waals surface area contributed by atoms with Crippen molar-refractivity contribution in [2.24, 2.45) is 0 Å². The third-order valence-electron chi connectivity index (χ3n) is 5.40. The van der Waals surface area contributed by atoms with Crippen molar-refractivity contribution in [3.63, 3.8) is 0 Å². The Morgan fingerprint density at radius 2 is 1.88 bits per heavy atom. The molecule has 1 fully saturated rings. The van der Waals surface area contributed by atoms with Gasteiger partial charge in [-0.05, 0) is 31.0 Å². The molecule has 4 rings (SSSR count). The van der Waals surface area contributed by atoms with Crippen molar-refractivity contribution in [3.8, 4) is 5.75 Å². The predicted molar refractivity (Wildman–Crippen MR) is 122 cm³/mol. The monoisotopic (exact) mass is 456 g/mol. The third-order valence-corrected chi connectivity index (χ3v) is 6.80. The molecule has 0 saturated heterocycles. The van der Waals surface area contributed by atoms with E-state index in [1.54, 1.807) is 6.07 Å². The molecule has 32 heavy (non-hydrogen) atoms. The molecule has 1 aliphatic rings. The summed E-state index contributed by atoms with van der Waals surface area (Å²) in [6, 6.07) is 13.0.